The van der Waals surface area contributed by atoms with Gasteiger partial charge in [0.2, 0.25) is 0 Å². The SMILES string of the molecule is Cc1cc(-c2cc(-c3ccc[nH]3)nc(N)c2C#N)ccc1O. The first kappa shape index (κ1) is 13.7. The van der Waals surface area contributed by atoms with E-state index in [1.807, 2.05) is 24.3 Å². The predicted molar refractivity (Wildman–Crippen MR) is 85.0 cm³/mol. The Morgan fingerprint density at radius 1 is 1.27 bits per heavy atom. The summed E-state index contributed by atoms with van der Waals surface area (Å²) in [7, 11) is 0. The Labute approximate surface area is 127 Å². The number of nitrogen functional groups attached to an aromatic ring is 1. The lowest BCUT2D eigenvalue weighted by molar-refractivity contribution is 0.471. The van der Waals surface area contributed by atoms with Gasteiger partial charge in [-0.3, -0.25) is 0 Å². The van der Waals surface area contributed by atoms with Crippen molar-refractivity contribution in [2.24, 2.45) is 0 Å². The second kappa shape index (κ2) is 5.26. The van der Waals surface area contributed by atoms with Gasteiger partial charge < -0.3 is 15.8 Å². The fourth-order valence-corrected chi connectivity index (χ4v) is 2.36. The van der Waals surface area contributed by atoms with Crippen LogP contribution in [0.15, 0.2) is 42.6 Å². The van der Waals surface area contributed by atoms with Crippen LogP contribution >= 0.6 is 0 Å². The number of nitrogens with zero attached hydrogens (tertiary/aromatic N) is 2. The summed E-state index contributed by atoms with van der Waals surface area (Å²) >= 11 is 0. The maximum atomic E-state index is 9.67. The molecule has 0 fully saturated rings. The summed E-state index contributed by atoms with van der Waals surface area (Å²) in [6, 6.07) is 12.9. The fraction of sp³-hybridized carbons (Fsp3) is 0.0588. The number of aromatic nitrogens is 2. The number of nitriles is 1. The zero-order chi connectivity index (χ0) is 15.7. The number of anilines is 1. The van der Waals surface area contributed by atoms with Crippen LogP contribution in [0.1, 0.15) is 11.1 Å². The molecule has 0 aliphatic rings. The number of hydrogen-bond donors (Lipinski definition) is 3. The van der Waals surface area contributed by atoms with Crippen LogP contribution in [0.2, 0.25) is 0 Å². The van der Waals surface area contributed by atoms with E-state index in [2.05, 4.69) is 16.0 Å². The second-order valence-electron chi connectivity index (χ2n) is 5.01. The number of rotatable bonds is 2. The molecule has 5 heteroatoms. The highest BCUT2D eigenvalue weighted by atomic mass is 16.3. The molecular weight excluding hydrogens is 276 g/mol. The average Bonchev–Trinajstić information content (AvgIpc) is 3.03. The Balaban J connectivity index is 2.25. The fourth-order valence-electron chi connectivity index (χ4n) is 2.36. The average molecular weight is 290 g/mol. The second-order valence-corrected chi connectivity index (χ2v) is 5.01. The molecule has 0 bridgehead atoms. The topological polar surface area (TPSA) is 98.7 Å². The van der Waals surface area contributed by atoms with Gasteiger partial charge in [0.1, 0.15) is 23.2 Å². The van der Waals surface area contributed by atoms with Gasteiger partial charge in [-0.05, 0) is 48.4 Å². The van der Waals surface area contributed by atoms with Crippen molar-refractivity contribution in [2.75, 3.05) is 5.73 Å². The molecule has 0 spiro atoms. The zero-order valence-electron chi connectivity index (χ0n) is 12.0. The van der Waals surface area contributed by atoms with E-state index in [0.29, 0.717) is 16.8 Å². The van der Waals surface area contributed by atoms with Crippen molar-refractivity contribution in [3.05, 3.63) is 53.7 Å². The minimum atomic E-state index is 0.190. The summed E-state index contributed by atoms with van der Waals surface area (Å²) in [5.74, 6) is 0.407. The maximum absolute atomic E-state index is 9.67. The van der Waals surface area contributed by atoms with E-state index in [0.717, 1.165) is 16.8 Å². The number of phenolic OH excluding ortho intramolecular Hbond substituents is 1. The van der Waals surface area contributed by atoms with E-state index in [-0.39, 0.29) is 11.6 Å². The summed E-state index contributed by atoms with van der Waals surface area (Å²) < 4.78 is 0. The highest BCUT2D eigenvalue weighted by Gasteiger charge is 2.14. The molecule has 0 aliphatic carbocycles. The van der Waals surface area contributed by atoms with Gasteiger partial charge in [0, 0.05) is 11.8 Å². The van der Waals surface area contributed by atoms with Crippen molar-refractivity contribution in [2.45, 2.75) is 6.92 Å². The number of benzene rings is 1. The van der Waals surface area contributed by atoms with Crippen LogP contribution in [-0.4, -0.2) is 15.1 Å². The molecule has 0 saturated heterocycles. The Bertz CT molecular complexity index is 876. The summed E-state index contributed by atoms with van der Waals surface area (Å²) in [5, 5.41) is 19.0. The molecule has 3 aromatic rings. The zero-order valence-corrected chi connectivity index (χ0v) is 12.0. The van der Waals surface area contributed by atoms with E-state index in [1.54, 1.807) is 25.3 Å². The van der Waals surface area contributed by atoms with Crippen LogP contribution in [0.4, 0.5) is 5.82 Å². The lowest BCUT2D eigenvalue weighted by Gasteiger charge is -2.10. The van der Waals surface area contributed by atoms with Gasteiger partial charge in [-0.1, -0.05) is 6.07 Å². The Morgan fingerprint density at radius 2 is 2.09 bits per heavy atom. The van der Waals surface area contributed by atoms with Crippen molar-refractivity contribution >= 4 is 5.82 Å². The van der Waals surface area contributed by atoms with Crippen molar-refractivity contribution in [3.8, 4) is 34.3 Å². The van der Waals surface area contributed by atoms with Crippen LogP contribution in [0, 0.1) is 18.3 Å². The molecule has 0 saturated carbocycles. The van der Waals surface area contributed by atoms with Gasteiger partial charge in [0.05, 0.1) is 11.4 Å². The Kier molecular flexibility index (Phi) is 3.28. The first-order valence-electron chi connectivity index (χ1n) is 6.74. The number of aromatic hydroxyl groups is 1. The predicted octanol–water partition coefficient (Wildman–Crippen LogP) is 3.21. The molecule has 22 heavy (non-hydrogen) atoms. The summed E-state index contributed by atoms with van der Waals surface area (Å²) in [6.45, 7) is 1.81. The lowest BCUT2D eigenvalue weighted by Crippen LogP contribution is -2.00. The Hall–Kier alpha value is -3.26. The van der Waals surface area contributed by atoms with Gasteiger partial charge in [0.15, 0.2) is 0 Å². The molecule has 0 atom stereocenters. The molecule has 4 N–H and O–H groups in total. The molecule has 108 valence electrons. The number of aromatic amines is 1. The number of phenols is 1. The smallest absolute Gasteiger partial charge is 0.142 e. The number of nitrogens with one attached hydrogen (secondary N) is 1. The number of pyridine rings is 1. The largest absolute Gasteiger partial charge is 0.508 e. The highest BCUT2D eigenvalue weighted by molar-refractivity contribution is 5.80. The van der Waals surface area contributed by atoms with Gasteiger partial charge in [-0.2, -0.15) is 5.26 Å². The summed E-state index contributed by atoms with van der Waals surface area (Å²) in [4.78, 5) is 7.36. The molecule has 2 aromatic heterocycles. The monoisotopic (exact) mass is 290 g/mol. The number of hydrogen-bond acceptors (Lipinski definition) is 4. The van der Waals surface area contributed by atoms with Crippen molar-refractivity contribution < 1.29 is 5.11 Å². The maximum Gasteiger partial charge on any atom is 0.142 e. The molecule has 3 rings (SSSR count). The summed E-state index contributed by atoms with van der Waals surface area (Å²) in [5.41, 5.74) is 10.0. The molecule has 0 radical (unpaired) electrons. The first-order valence-corrected chi connectivity index (χ1v) is 6.74. The van der Waals surface area contributed by atoms with E-state index in [4.69, 9.17) is 5.73 Å². The molecule has 2 heterocycles. The molecule has 0 aliphatic heterocycles. The standard InChI is InChI=1S/C17H14N4O/c1-10-7-11(4-5-16(10)22)12-8-15(14-3-2-6-20-14)21-17(19)13(12)9-18/h2-8,20,22H,1H3,(H2,19,21). The van der Waals surface area contributed by atoms with E-state index in [9.17, 15) is 10.4 Å². The third-order valence-corrected chi connectivity index (χ3v) is 3.54. The number of aryl methyl sites for hydroxylation is 1. The molecule has 5 nitrogen and oxygen atoms in total. The third kappa shape index (κ3) is 2.27. The van der Waals surface area contributed by atoms with Gasteiger partial charge in [0.25, 0.3) is 0 Å². The third-order valence-electron chi connectivity index (χ3n) is 3.54. The quantitative estimate of drug-likeness (QED) is 0.674. The molecule has 0 unspecified atom stereocenters. The van der Waals surface area contributed by atoms with Crippen molar-refractivity contribution in [3.63, 3.8) is 0 Å². The van der Waals surface area contributed by atoms with E-state index < -0.39 is 0 Å². The van der Waals surface area contributed by atoms with Crippen LogP contribution in [0.3, 0.4) is 0 Å². The molecule has 1 aromatic carbocycles. The highest BCUT2D eigenvalue weighted by Crippen LogP contribution is 2.32. The Morgan fingerprint density at radius 3 is 2.73 bits per heavy atom. The minimum Gasteiger partial charge on any atom is -0.508 e. The van der Waals surface area contributed by atoms with Crippen LogP contribution in [0.5, 0.6) is 5.75 Å². The van der Waals surface area contributed by atoms with Crippen LogP contribution in [0.25, 0.3) is 22.5 Å². The van der Waals surface area contributed by atoms with Crippen molar-refractivity contribution in [1.29, 1.82) is 5.26 Å². The first-order chi connectivity index (χ1) is 10.6. The van der Waals surface area contributed by atoms with Crippen LogP contribution in [-0.2, 0) is 0 Å². The van der Waals surface area contributed by atoms with Crippen molar-refractivity contribution in [1.82, 2.24) is 9.97 Å². The number of H-pyrrole nitrogens is 1. The van der Waals surface area contributed by atoms with E-state index >= 15 is 0 Å². The van der Waals surface area contributed by atoms with Gasteiger partial charge in [-0.15, -0.1) is 0 Å². The van der Waals surface area contributed by atoms with E-state index in [1.165, 1.54) is 0 Å². The van der Waals surface area contributed by atoms with Gasteiger partial charge in [-0.25, -0.2) is 4.98 Å². The summed E-state index contributed by atoms with van der Waals surface area (Å²) in [6.07, 6.45) is 1.80. The van der Waals surface area contributed by atoms with Gasteiger partial charge >= 0.3 is 0 Å². The molecular formula is C17H14N4O. The lowest BCUT2D eigenvalue weighted by atomic mass is 9.98. The normalized spacial score (nSPS) is 10.4. The van der Waals surface area contributed by atoms with Crippen LogP contribution < -0.4 is 5.73 Å². The molecule has 0 amide bonds. The minimum absolute atomic E-state index is 0.190. The number of nitrogens with two attached hydrogens (primary N) is 1.